The Hall–Kier alpha value is -3.52. The number of rotatable bonds is 3. The van der Waals surface area contributed by atoms with Crippen LogP contribution in [0.2, 0.25) is 0 Å². The molecule has 0 amide bonds. The number of anilines is 2. The van der Waals surface area contributed by atoms with E-state index < -0.39 is 0 Å². The lowest BCUT2D eigenvalue weighted by molar-refractivity contribution is 1.37. The molecule has 2 nitrogen and oxygen atoms in total. The number of benzene rings is 4. The third kappa shape index (κ3) is 3.69. The maximum atomic E-state index is 6.35. The highest BCUT2D eigenvalue weighted by Crippen LogP contribution is 2.37. The van der Waals surface area contributed by atoms with E-state index in [2.05, 4.69) is 82.3 Å². The molecule has 4 N–H and O–H groups in total. The molecule has 4 aromatic rings. The topological polar surface area (TPSA) is 52.0 Å². The molecule has 4 aromatic carbocycles. The molecule has 0 aliphatic carbocycles. The Morgan fingerprint density at radius 2 is 1.20 bits per heavy atom. The first-order chi connectivity index (χ1) is 14.3. The number of hydrogen-bond acceptors (Lipinski definition) is 2. The summed E-state index contributed by atoms with van der Waals surface area (Å²) in [7, 11) is 0. The van der Waals surface area contributed by atoms with Gasteiger partial charge < -0.3 is 11.5 Å². The minimum atomic E-state index is 0.771. The minimum Gasteiger partial charge on any atom is -0.399 e. The number of nitrogens with two attached hydrogens (primary N) is 2. The quantitative estimate of drug-likeness (QED) is 0.366. The average molecular weight is 393 g/mol. The molecule has 0 aromatic heterocycles. The van der Waals surface area contributed by atoms with Crippen molar-refractivity contribution in [3.63, 3.8) is 0 Å². The lowest BCUT2D eigenvalue weighted by Gasteiger charge is -2.17. The van der Waals surface area contributed by atoms with Crippen LogP contribution in [-0.2, 0) is 0 Å². The van der Waals surface area contributed by atoms with E-state index in [0.717, 1.165) is 28.1 Å². The standard InChI is InChI=1S/C28H28N2/c1-17-8-10-26(19(3)12-17)22-13-23(16-25(30)15-22)27-11-9-18(2)28(20(27)4)21-6-5-7-24(29)14-21/h5-16H,29-30H2,1-4H3. The normalized spacial score (nSPS) is 10.9. The highest BCUT2D eigenvalue weighted by Gasteiger charge is 2.13. The van der Waals surface area contributed by atoms with Crippen molar-refractivity contribution in [1.82, 2.24) is 0 Å². The fraction of sp³-hybridized carbons (Fsp3) is 0.143. The van der Waals surface area contributed by atoms with Crippen LogP contribution >= 0.6 is 0 Å². The summed E-state index contributed by atoms with van der Waals surface area (Å²) in [4.78, 5) is 0. The van der Waals surface area contributed by atoms with Gasteiger partial charge in [-0.25, -0.2) is 0 Å². The zero-order valence-corrected chi connectivity index (χ0v) is 18.1. The maximum absolute atomic E-state index is 6.35. The molecule has 0 fully saturated rings. The van der Waals surface area contributed by atoms with Gasteiger partial charge in [0.1, 0.15) is 0 Å². The van der Waals surface area contributed by atoms with Crippen molar-refractivity contribution in [2.24, 2.45) is 0 Å². The first kappa shape index (κ1) is 19.8. The summed E-state index contributed by atoms with van der Waals surface area (Å²) in [5, 5.41) is 0. The zero-order chi connectivity index (χ0) is 21.4. The Morgan fingerprint density at radius 3 is 1.90 bits per heavy atom. The van der Waals surface area contributed by atoms with E-state index in [1.54, 1.807) is 0 Å². The van der Waals surface area contributed by atoms with Gasteiger partial charge >= 0.3 is 0 Å². The van der Waals surface area contributed by atoms with Crippen LogP contribution in [0.4, 0.5) is 11.4 Å². The van der Waals surface area contributed by atoms with Crippen LogP contribution in [0.3, 0.4) is 0 Å². The molecule has 0 bridgehead atoms. The van der Waals surface area contributed by atoms with Crippen LogP contribution in [0, 0.1) is 27.7 Å². The van der Waals surface area contributed by atoms with Gasteiger partial charge in [-0.3, -0.25) is 0 Å². The third-order valence-electron chi connectivity index (χ3n) is 5.81. The van der Waals surface area contributed by atoms with Crippen molar-refractivity contribution in [2.45, 2.75) is 27.7 Å². The van der Waals surface area contributed by atoms with Gasteiger partial charge in [0.15, 0.2) is 0 Å². The summed E-state index contributed by atoms with van der Waals surface area (Å²) in [5.74, 6) is 0. The molecule has 0 radical (unpaired) electrons. The van der Waals surface area contributed by atoms with Crippen molar-refractivity contribution >= 4 is 11.4 Å². The molecule has 150 valence electrons. The van der Waals surface area contributed by atoms with Crippen molar-refractivity contribution in [3.8, 4) is 33.4 Å². The molecule has 0 heterocycles. The van der Waals surface area contributed by atoms with E-state index in [1.165, 1.54) is 38.9 Å². The first-order valence-electron chi connectivity index (χ1n) is 10.3. The van der Waals surface area contributed by atoms with Gasteiger partial charge in [0, 0.05) is 11.4 Å². The maximum Gasteiger partial charge on any atom is 0.0326 e. The van der Waals surface area contributed by atoms with Crippen molar-refractivity contribution in [3.05, 3.63) is 95.1 Å². The summed E-state index contributed by atoms with van der Waals surface area (Å²) in [5.41, 5.74) is 26.0. The highest BCUT2D eigenvalue weighted by molar-refractivity contribution is 5.85. The molecule has 0 aliphatic rings. The van der Waals surface area contributed by atoms with E-state index in [1.807, 2.05) is 18.2 Å². The number of hydrogen-bond donors (Lipinski definition) is 2. The lowest BCUT2D eigenvalue weighted by Crippen LogP contribution is -1.95. The average Bonchev–Trinajstić information content (AvgIpc) is 2.67. The molecule has 0 saturated carbocycles. The Morgan fingerprint density at radius 1 is 0.533 bits per heavy atom. The van der Waals surface area contributed by atoms with Crippen LogP contribution in [0.5, 0.6) is 0 Å². The van der Waals surface area contributed by atoms with Gasteiger partial charge in [-0.1, -0.05) is 48.0 Å². The Labute approximate surface area is 179 Å². The smallest absolute Gasteiger partial charge is 0.0326 e. The van der Waals surface area contributed by atoms with Crippen LogP contribution in [0.15, 0.2) is 72.8 Å². The number of nitrogen functional groups attached to an aromatic ring is 2. The summed E-state index contributed by atoms with van der Waals surface area (Å²) in [6.07, 6.45) is 0. The predicted octanol–water partition coefficient (Wildman–Crippen LogP) is 7.09. The van der Waals surface area contributed by atoms with Crippen molar-refractivity contribution in [2.75, 3.05) is 11.5 Å². The van der Waals surface area contributed by atoms with Gasteiger partial charge in [-0.05, 0) is 108 Å². The third-order valence-corrected chi connectivity index (χ3v) is 5.81. The molecule has 0 unspecified atom stereocenters. The molecule has 0 aliphatic heterocycles. The van der Waals surface area contributed by atoms with Gasteiger partial charge in [-0.15, -0.1) is 0 Å². The predicted molar refractivity (Wildman–Crippen MR) is 131 cm³/mol. The van der Waals surface area contributed by atoms with Crippen LogP contribution in [-0.4, -0.2) is 0 Å². The van der Waals surface area contributed by atoms with Crippen molar-refractivity contribution in [1.29, 1.82) is 0 Å². The largest absolute Gasteiger partial charge is 0.399 e. The summed E-state index contributed by atoms with van der Waals surface area (Å²) in [6.45, 7) is 8.60. The van der Waals surface area contributed by atoms with Crippen LogP contribution < -0.4 is 11.5 Å². The molecule has 0 saturated heterocycles. The second-order valence-electron chi connectivity index (χ2n) is 8.22. The van der Waals surface area contributed by atoms with Gasteiger partial charge in [0.25, 0.3) is 0 Å². The van der Waals surface area contributed by atoms with E-state index in [4.69, 9.17) is 11.5 Å². The molecule has 0 atom stereocenters. The molecule has 2 heteroatoms. The summed E-state index contributed by atoms with van der Waals surface area (Å²) in [6, 6.07) is 25.4. The summed E-state index contributed by atoms with van der Waals surface area (Å²) >= 11 is 0. The fourth-order valence-corrected chi connectivity index (χ4v) is 4.40. The lowest BCUT2D eigenvalue weighted by atomic mass is 9.88. The van der Waals surface area contributed by atoms with Crippen molar-refractivity contribution < 1.29 is 0 Å². The summed E-state index contributed by atoms with van der Waals surface area (Å²) < 4.78 is 0. The number of aryl methyl sites for hydroxylation is 3. The molecule has 0 spiro atoms. The first-order valence-corrected chi connectivity index (χ1v) is 10.3. The monoisotopic (exact) mass is 392 g/mol. The Kier molecular flexibility index (Phi) is 5.09. The minimum absolute atomic E-state index is 0.771. The molecule has 4 rings (SSSR count). The SMILES string of the molecule is Cc1ccc(-c2cc(N)cc(-c3ccc(C)c(-c4cccc(N)c4)c3C)c2)c(C)c1. The second-order valence-corrected chi connectivity index (χ2v) is 8.22. The van der Waals surface area contributed by atoms with Gasteiger partial charge in [0.2, 0.25) is 0 Å². The second kappa shape index (κ2) is 7.72. The Bertz CT molecular complexity index is 1250. The Balaban J connectivity index is 1.89. The fourth-order valence-electron chi connectivity index (χ4n) is 4.40. The van der Waals surface area contributed by atoms with E-state index in [9.17, 15) is 0 Å². The van der Waals surface area contributed by atoms with Crippen LogP contribution in [0.25, 0.3) is 33.4 Å². The van der Waals surface area contributed by atoms with Crippen LogP contribution in [0.1, 0.15) is 22.3 Å². The molecular weight excluding hydrogens is 364 g/mol. The van der Waals surface area contributed by atoms with Gasteiger partial charge in [-0.2, -0.15) is 0 Å². The zero-order valence-electron chi connectivity index (χ0n) is 18.1. The molecular formula is C28H28N2. The van der Waals surface area contributed by atoms with E-state index in [0.29, 0.717) is 0 Å². The van der Waals surface area contributed by atoms with E-state index in [-0.39, 0.29) is 0 Å². The highest BCUT2D eigenvalue weighted by atomic mass is 14.5. The van der Waals surface area contributed by atoms with E-state index >= 15 is 0 Å². The molecule has 30 heavy (non-hydrogen) atoms. The van der Waals surface area contributed by atoms with Gasteiger partial charge in [0.05, 0.1) is 0 Å².